The van der Waals surface area contributed by atoms with Gasteiger partial charge < -0.3 is 9.67 Å². The third-order valence-electron chi connectivity index (χ3n) is 2.11. The van der Waals surface area contributed by atoms with E-state index in [2.05, 4.69) is 0 Å². The number of hydrogen-bond donors (Lipinski definition) is 1. The van der Waals surface area contributed by atoms with Gasteiger partial charge in [0, 0.05) is 17.6 Å². The van der Waals surface area contributed by atoms with Crippen LogP contribution in [0.1, 0.15) is 0 Å². The summed E-state index contributed by atoms with van der Waals surface area (Å²) in [7, 11) is 0. The highest BCUT2D eigenvalue weighted by Gasteiger charge is 2.09. The summed E-state index contributed by atoms with van der Waals surface area (Å²) < 4.78 is 27.4. The van der Waals surface area contributed by atoms with Gasteiger partial charge >= 0.3 is 5.97 Å². The van der Waals surface area contributed by atoms with E-state index in [0.717, 1.165) is 12.1 Å². The van der Waals surface area contributed by atoms with Crippen LogP contribution in [-0.2, 0) is 11.3 Å². The van der Waals surface area contributed by atoms with E-state index in [9.17, 15) is 13.6 Å². The highest BCUT2D eigenvalue weighted by Crippen LogP contribution is 2.20. The monoisotopic (exact) mass is 211 g/mol. The third kappa shape index (κ3) is 1.68. The summed E-state index contributed by atoms with van der Waals surface area (Å²) in [5, 5.41) is 8.80. The molecule has 2 aromatic rings. The van der Waals surface area contributed by atoms with Crippen molar-refractivity contribution in [3.05, 3.63) is 36.0 Å². The normalized spacial score (nSPS) is 10.8. The molecule has 0 spiro atoms. The third-order valence-corrected chi connectivity index (χ3v) is 2.11. The number of carbonyl (C=O) groups is 1. The first-order chi connectivity index (χ1) is 7.08. The molecule has 78 valence electrons. The Morgan fingerprint density at radius 2 is 2.13 bits per heavy atom. The van der Waals surface area contributed by atoms with Crippen molar-refractivity contribution in [2.75, 3.05) is 0 Å². The van der Waals surface area contributed by atoms with Gasteiger partial charge in [-0.1, -0.05) is 0 Å². The highest BCUT2D eigenvalue weighted by atomic mass is 19.1. The second-order valence-electron chi connectivity index (χ2n) is 3.16. The smallest absolute Gasteiger partial charge is 0.323 e. The largest absolute Gasteiger partial charge is 0.480 e. The molecule has 0 fully saturated rings. The van der Waals surface area contributed by atoms with Gasteiger partial charge in [-0.05, 0) is 12.1 Å². The molecule has 1 aromatic carbocycles. The Hall–Kier alpha value is -1.91. The van der Waals surface area contributed by atoms with Crippen molar-refractivity contribution in [3.8, 4) is 0 Å². The summed E-state index contributed by atoms with van der Waals surface area (Å²) >= 11 is 0. The minimum absolute atomic E-state index is 0.220. The van der Waals surface area contributed by atoms with Crippen LogP contribution in [0, 0.1) is 11.6 Å². The second-order valence-corrected chi connectivity index (χ2v) is 3.16. The molecule has 1 N–H and O–H groups in total. The fourth-order valence-electron chi connectivity index (χ4n) is 1.50. The Labute approximate surface area is 83.5 Å². The Morgan fingerprint density at radius 3 is 2.80 bits per heavy atom. The predicted molar refractivity (Wildman–Crippen MR) is 49.5 cm³/mol. The lowest BCUT2D eigenvalue weighted by Crippen LogP contribution is -2.07. The lowest BCUT2D eigenvalue weighted by molar-refractivity contribution is -0.137. The molecule has 0 aliphatic carbocycles. The molecular weight excluding hydrogens is 204 g/mol. The Kier molecular flexibility index (Phi) is 2.15. The van der Waals surface area contributed by atoms with Crippen LogP contribution in [0.2, 0.25) is 0 Å². The second kappa shape index (κ2) is 3.34. The number of carboxylic acid groups (broad SMARTS) is 1. The summed E-state index contributed by atoms with van der Waals surface area (Å²) in [4.78, 5) is 10.5. The molecule has 5 heteroatoms. The fraction of sp³-hybridized carbons (Fsp3) is 0.100. The van der Waals surface area contributed by atoms with Gasteiger partial charge in [0.15, 0.2) is 0 Å². The topological polar surface area (TPSA) is 42.2 Å². The molecule has 0 aliphatic heterocycles. The Balaban J connectivity index is 2.63. The summed E-state index contributed by atoms with van der Waals surface area (Å²) in [5.74, 6) is -2.46. The molecule has 0 saturated heterocycles. The molecule has 0 aliphatic rings. The molecule has 0 amide bonds. The molecule has 1 heterocycles. The van der Waals surface area contributed by atoms with Gasteiger partial charge in [-0.2, -0.15) is 0 Å². The highest BCUT2D eigenvalue weighted by molar-refractivity contribution is 5.82. The molecule has 2 rings (SSSR count). The number of fused-ring (bicyclic) bond motifs is 1. The number of hydrogen-bond acceptors (Lipinski definition) is 1. The van der Waals surface area contributed by atoms with Gasteiger partial charge in [0.05, 0.1) is 5.52 Å². The maximum atomic E-state index is 13.2. The zero-order valence-corrected chi connectivity index (χ0v) is 7.58. The van der Waals surface area contributed by atoms with E-state index in [0.29, 0.717) is 0 Å². The quantitative estimate of drug-likeness (QED) is 0.825. The average Bonchev–Trinajstić information content (AvgIpc) is 2.48. The number of carboxylic acids is 1. The zero-order valence-electron chi connectivity index (χ0n) is 7.58. The maximum absolute atomic E-state index is 13.2. The van der Waals surface area contributed by atoms with Crippen molar-refractivity contribution >= 4 is 16.9 Å². The van der Waals surface area contributed by atoms with E-state index < -0.39 is 17.6 Å². The van der Waals surface area contributed by atoms with Crippen LogP contribution >= 0.6 is 0 Å². The van der Waals surface area contributed by atoms with E-state index in [1.807, 2.05) is 0 Å². The van der Waals surface area contributed by atoms with Crippen molar-refractivity contribution in [1.29, 1.82) is 0 Å². The summed E-state index contributed by atoms with van der Waals surface area (Å²) in [6.07, 6.45) is 1.42. The van der Waals surface area contributed by atoms with Crippen molar-refractivity contribution in [2.45, 2.75) is 6.54 Å². The van der Waals surface area contributed by atoms with Crippen LogP contribution in [0.25, 0.3) is 10.9 Å². The van der Waals surface area contributed by atoms with E-state index >= 15 is 0 Å². The molecule has 0 radical (unpaired) electrons. The van der Waals surface area contributed by atoms with Crippen molar-refractivity contribution in [3.63, 3.8) is 0 Å². The first kappa shape index (κ1) is 9.64. The standard InChI is InChI=1S/C10H7F2NO2/c11-6-3-8(12)7-1-2-13(5-10(14)15)9(7)4-6/h1-4H,5H2,(H,14,15). The van der Waals surface area contributed by atoms with Crippen molar-refractivity contribution < 1.29 is 18.7 Å². The lowest BCUT2D eigenvalue weighted by atomic mass is 10.2. The number of halogens is 2. The van der Waals surface area contributed by atoms with E-state index in [-0.39, 0.29) is 17.4 Å². The Bertz CT molecular complexity index is 533. The van der Waals surface area contributed by atoms with Crippen molar-refractivity contribution in [2.24, 2.45) is 0 Å². The number of benzene rings is 1. The number of nitrogens with zero attached hydrogens (tertiary/aromatic N) is 1. The van der Waals surface area contributed by atoms with E-state index in [4.69, 9.17) is 5.11 Å². The molecular formula is C10H7F2NO2. The van der Waals surface area contributed by atoms with Gasteiger partial charge in [0.25, 0.3) is 0 Å². The molecule has 1 aromatic heterocycles. The van der Waals surface area contributed by atoms with Gasteiger partial charge in [0.2, 0.25) is 0 Å². The van der Waals surface area contributed by atoms with E-state index in [1.165, 1.54) is 16.8 Å². The molecule has 0 atom stereocenters. The van der Waals surface area contributed by atoms with Gasteiger partial charge in [-0.25, -0.2) is 8.78 Å². The van der Waals surface area contributed by atoms with Crippen LogP contribution in [-0.4, -0.2) is 15.6 Å². The van der Waals surface area contributed by atoms with E-state index in [1.54, 1.807) is 0 Å². The van der Waals surface area contributed by atoms with Gasteiger partial charge in [0.1, 0.15) is 18.2 Å². The SMILES string of the molecule is O=C(O)Cn1ccc2c(F)cc(F)cc21. The molecule has 0 bridgehead atoms. The average molecular weight is 211 g/mol. The van der Waals surface area contributed by atoms with Gasteiger partial charge in [-0.3, -0.25) is 4.79 Å². The minimum Gasteiger partial charge on any atom is -0.480 e. The molecule has 15 heavy (non-hydrogen) atoms. The molecule has 0 saturated carbocycles. The zero-order chi connectivity index (χ0) is 11.0. The van der Waals surface area contributed by atoms with Gasteiger partial charge in [-0.15, -0.1) is 0 Å². The van der Waals surface area contributed by atoms with Crippen LogP contribution in [0.3, 0.4) is 0 Å². The summed E-state index contributed by atoms with van der Waals surface area (Å²) in [6.45, 7) is -0.313. The Morgan fingerprint density at radius 1 is 1.40 bits per heavy atom. The number of rotatable bonds is 2. The van der Waals surface area contributed by atoms with Crippen molar-refractivity contribution in [1.82, 2.24) is 4.57 Å². The van der Waals surface area contributed by atoms with Crippen LogP contribution < -0.4 is 0 Å². The minimum atomic E-state index is -1.06. The van der Waals surface area contributed by atoms with Crippen LogP contribution in [0.5, 0.6) is 0 Å². The van der Waals surface area contributed by atoms with Crippen LogP contribution in [0.4, 0.5) is 8.78 Å². The molecule has 3 nitrogen and oxygen atoms in total. The lowest BCUT2D eigenvalue weighted by Gasteiger charge is -2.01. The fourth-order valence-corrected chi connectivity index (χ4v) is 1.50. The predicted octanol–water partition coefficient (Wildman–Crippen LogP) is 2.00. The maximum Gasteiger partial charge on any atom is 0.323 e. The number of aliphatic carboxylic acids is 1. The number of aromatic nitrogens is 1. The summed E-state index contributed by atoms with van der Waals surface area (Å²) in [5.41, 5.74) is 0.245. The first-order valence-corrected chi connectivity index (χ1v) is 4.23. The summed E-state index contributed by atoms with van der Waals surface area (Å²) in [6, 6.07) is 3.31. The van der Waals surface area contributed by atoms with Crippen LogP contribution in [0.15, 0.2) is 24.4 Å². The first-order valence-electron chi connectivity index (χ1n) is 4.23. The molecule has 0 unspecified atom stereocenters.